The van der Waals surface area contributed by atoms with Gasteiger partial charge in [0.2, 0.25) is 0 Å². The SMILES string of the molecule is Cc1ccc([N+](=O)[O-])c(C)c1COC(=O)[C@@H]1C(C=C(Cl)Cl)C1(C)C. The molecule has 24 heavy (non-hydrogen) atoms. The van der Waals surface area contributed by atoms with E-state index in [1.165, 1.54) is 6.07 Å². The summed E-state index contributed by atoms with van der Waals surface area (Å²) in [7, 11) is 0. The predicted molar refractivity (Wildman–Crippen MR) is 92.9 cm³/mol. The molecule has 0 N–H and O–H groups in total. The Balaban J connectivity index is 2.12. The molecule has 1 aliphatic rings. The van der Waals surface area contributed by atoms with Crippen molar-refractivity contribution in [2.75, 3.05) is 0 Å². The Bertz CT molecular complexity index is 724. The van der Waals surface area contributed by atoms with Crippen LogP contribution in [0.5, 0.6) is 0 Å². The third-order valence-electron chi connectivity index (χ3n) is 4.83. The largest absolute Gasteiger partial charge is 0.461 e. The molecule has 130 valence electrons. The van der Waals surface area contributed by atoms with Gasteiger partial charge >= 0.3 is 5.97 Å². The summed E-state index contributed by atoms with van der Waals surface area (Å²) >= 11 is 11.4. The lowest BCUT2D eigenvalue weighted by molar-refractivity contribution is -0.385. The highest BCUT2D eigenvalue weighted by Crippen LogP contribution is 2.60. The van der Waals surface area contributed by atoms with E-state index >= 15 is 0 Å². The van der Waals surface area contributed by atoms with Crippen LogP contribution in [0.3, 0.4) is 0 Å². The Morgan fingerprint density at radius 2 is 2.00 bits per heavy atom. The zero-order valence-corrected chi connectivity index (χ0v) is 15.4. The van der Waals surface area contributed by atoms with Crippen LogP contribution < -0.4 is 0 Å². The fourth-order valence-electron chi connectivity index (χ4n) is 3.11. The van der Waals surface area contributed by atoms with E-state index < -0.39 is 4.92 Å². The molecule has 0 bridgehead atoms. The van der Waals surface area contributed by atoms with E-state index in [-0.39, 0.29) is 40.0 Å². The summed E-state index contributed by atoms with van der Waals surface area (Å²) in [4.78, 5) is 23.0. The monoisotopic (exact) mass is 371 g/mol. The molecule has 1 unspecified atom stereocenters. The zero-order valence-electron chi connectivity index (χ0n) is 13.9. The van der Waals surface area contributed by atoms with E-state index in [1.54, 1.807) is 19.1 Å². The highest BCUT2D eigenvalue weighted by atomic mass is 35.5. The number of allylic oxidation sites excluding steroid dienone is 1. The number of carbonyl (C=O) groups is 1. The molecule has 0 spiro atoms. The number of esters is 1. The van der Waals surface area contributed by atoms with Gasteiger partial charge in [0.05, 0.1) is 10.8 Å². The number of carbonyl (C=O) groups excluding carboxylic acids is 1. The van der Waals surface area contributed by atoms with Crippen molar-refractivity contribution >= 4 is 34.9 Å². The van der Waals surface area contributed by atoms with Crippen LogP contribution in [-0.2, 0) is 16.1 Å². The summed E-state index contributed by atoms with van der Waals surface area (Å²) in [5, 5.41) is 11.0. The molecule has 1 saturated carbocycles. The molecule has 1 fully saturated rings. The van der Waals surface area contributed by atoms with Crippen molar-refractivity contribution < 1.29 is 14.5 Å². The Labute approximate surface area is 150 Å². The lowest BCUT2D eigenvalue weighted by Crippen LogP contribution is -2.12. The molecule has 1 aliphatic carbocycles. The van der Waals surface area contributed by atoms with Crippen LogP contribution in [0.15, 0.2) is 22.7 Å². The van der Waals surface area contributed by atoms with Gasteiger partial charge in [0.25, 0.3) is 5.69 Å². The highest BCUT2D eigenvalue weighted by molar-refractivity contribution is 6.55. The van der Waals surface area contributed by atoms with E-state index in [0.717, 1.165) is 5.56 Å². The number of halogens is 2. The Morgan fingerprint density at radius 1 is 1.38 bits per heavy atom. The average Bonchev–Trinajstić information content (AvgIpc) is 2.98. The topological polar surface area (TPSA) is 69.4 Å². The number of benzene rings is 1. The molecule has 0 amide bonds. The van der Waals surface area contributed by atoms with Gasteiger partial charge in [0, 0.05) is 17.2 Å². The van der Waals surface area contributed by atoms with Gasteiger partial charge in [-0.25, -0.2) is 0 Å². The van der Waals surface area contributed by atoms with Gasteiger partial charge < -0.3 is 4.74 Å². The first kappa shape index (κ1) is 18.7. The maximum atomic E-state index is 12.4. The second-order valence-corrected chi connectivity index (χ2v) is 7.66. The van der Waals surface area contributed by atoms with E-state index in [2.05, 4.69) is 0 Å². The molecule has 0 heterocycles. The van der Waals surface area contributed by atoms with Crippen molar-refractivity contribution in [2.45, 2.75) is 34.3 Å². The minimum absolute atomic E-state index is 0.00972. The Hall–Kier alpha value is -1.59. The molecular weight excluding hydrogens is 353 g/mol. The third-order valence-corrected chi connectivity index (χ3v) is 5.08. The summed E-state index contributed by atoms with van der Waals surface area (Å²) < 4.78 is 5.55. The highest BCUT2D eigenvalue weighted by Gasteiger charge is 2.61. The maximum Gasteiger partial charge on any atom is 0.310 e. The van der Waals surface area contributed by atoms with Crippen molar-refractivity contribution in [1.29, 1.82) is 0 Å². The normalized spacial score (nSPS) is 21.1. The summed E-state index contributed by atoms with van der Waals surface area (Å²) in [5.74, 6) is -0.729. The maximum absolute atomic E-state index is 12.4. The van der Waals surface area contributed by atoms with Gasteiger partial charge in [-0.05, 0) is 36.8 Å². The van der Waals surface area contributed by atoms with Crippen LogP contribution in [0.1, 0.15) is 30.5 Å². The molecule has 2 atom stereocenters. The van der Waals surface area contributed by atoms with Gasteiger partial charge in [-0.3, -0.25) is 14.9 Å². The second kappa shape index (κ2) is 6.73. The average molecular weight is 372 g/mol. The molecule has 5 nitrogen and oxygen atoms in total. The number of nitro benzene ring substituents is 1. The van der Waals surface area contributed by atoms with Gasteiger partial charge in [-0.1, -0.05) is 43.1 Å². The summed E-state index contributed by atoms with van der Waals surface area (Å²) in [6, 6.07) is 3.12. The fraction of sp³-hybridized carbons (Fsp3) is 0.471. The van der Waals surface area contributed by atoms with Gasteiger partial charge in [-0.2, -0.15) is 0 Å². The van der Waals surface area contributed by atoms with Crippen LogP contribution in [0.25, 0.3) is 0 Å². The Kier molecular flexibility index (Phi) is 5.25. The molecular formula is C17H19Cl2NO4. The lowest BCUT2D eigenvalue weighted by Gasteiger charge is -2.11. The second-order valence-electron chi connectivity index (χ2n) is 6.65. The number of hydrogen-bond acceptors (Lipinski definition) is 4. The van der Waals surface area contributed by atoms with E-state index in [9.17, 15) is 14.9 Å². The van der Waals surface area contributed by atoms with E-state index in [0.29, 0.717) is 11.1 Å². The van der Waals surface area contributed by atoms with Crippen LogP contribution in [-0.4, -0.2) is 10.9 Å². The first-order valence-electron chi connectivity index (χ1n) is 7.50. The number of rotatable bonds is 5. The number of aryl methyl sites for hydroxylation is 1. The minimum Gasteiger partial charge on any atom is -0.461 e. The molecule has 1 aromatic rings. The van der Waals surface area contributed by atoms with Crippen LogP contribution >= 0.6 is 23.2 Å². The van der Waals surface area contributed by atoms with Crippen molar-refractivity contribution in [3.63, 3.8) is 0 Å². The first-order valence-corrected chi connectivity index (χ1v) is 8.26. The van der Waals surface area contributed by atoms with Gasteiger partial charge in [-0.15, -0.1) is 0 Å². The Morgan fingerprint density at radius 3 is 2.54 bits per heavy atom. The van der Waals surface area contributed by atoms with Crippen molar-refractivity contribution in [3.8, 4) is 0 Å². The molecule has 0 radical (unpaired) electrons. The minimum atomic E-state index is -0.437. The van der Waals surface area contributed by atoms with Crippen LogP contribution in [0.2, 0.25) is 0 Å². The molecule has 2 rings (SSSR count). The summed E-state index contributed by atoms with van der Waals surface area (Å²) in [5.41, 5.74) is 1.79. The van der Waals surface area contributed by atoms with Crippen LogP contribution in [0, 0.1) is 41.2 Å². The van der Waals surface area contributed by atoms with Crippen molar-refractivity contribution in [2.24, 2.45) is 17.3 Å². The van der Waals surface area contributed by atoms with Gasteiger partial charge in [0.15, 0.2) is 0 Å². The number of nitrogens with zero attached hydrogens (tertiary/aromatic N) is 1. The molecule has 0 aromatic heterocycles. The first-order chi connectivity index (χ1) is 11.1. The smallest absolute Gasteiger partial charge is 0.310 e. The predicted octanol–water partition coefficient (Wildman–Crippen LogP) is 4.85. The van der Waals surface area contributed by atoms with Gasteiger partial charge in [0.1, 0.15) is 11.1 Å². The van der Waals surface area contributed by atoms with Crippen molar-refractivity contribution in [3.05, 3.63) is 49.5 Å². The third kappa shape index (κ3) is 3.57. The standard InChI is InChI=1S/C17H19Cl2NO4/c1-9-5-6-13(20(22)23)10(2)11(9)8-24-16(21)15-12(7-14(18)19)17(15,3)4/h5-7,12,15H,8H2,1-4H3/t12?,15-/m0/s1. The van der Waals surface area contributed by atoms with E-state index in [1.807, 2.05) is 20.8 Å². The van der Waals surface area contributed by atoms with Crippen molar-refractivity contribution in [1.82, 2.24) is 0 Å². The summed E-state index contributed by atoms with van der Waals surface area (Å²) in [6.07, 6.45) is 1.65. The molecule has 0 saturated heterocycles. The van der Waals surface area contributed by atoms with Crippen LogP contribution in [0.4, 0.5) is 5.69 Å². The summed E-state index contributed by atoms with van der Waals surface area (Å²) in [6.45, 7) is 7.39. The number of ether oxygens (including phenoxy) is 1. The fourth-order valence-corrected chi connectivity index (χ4v) is 3.38. The van der Waals surface area contributed by atoms with E-state index in [4.69, 9.17) is 27.9 Å². The molecule has 7 heteroatoms. The number of nitro groups is 1. The quantitative estimate of drug-likeness (QED) is 0.421. The molecule has 1 aromatic carbocycles. The lowest BCUT2D eigenvalue weighted by atomic mass is 10.0. The zero-order chi connectivity index (χ0) is 18.2. The number of hydrogen-bond donors (Lipinski definition) is 0. The molecule has 0 aliphatic heterocycles.